The SMILES string of the molecule is NCCCCNC1CCCCc2ccccc21. The molecule has 2 rings (SSSR count). The number of hydrogen-bond acceptors (Lipinski definition) is 2. The van der Waals surface area contributed by atoms with Crippen LogP contribution in [-0.2, 0) is 6.42 Å². The molecule has 1 aliphatic carbocycles. The van der Waals surface area contributed by atoms with Gasteiger partial charge in [0, 0.05) is 6.04 Å². The second-order valence-electron chi connectivity index (χ2n) is 4.95. The molecule has 2 nitrogen and oxygen atoms in total. The summed E-state index contributed by atoms with van der Waals surface area (Å²) in [6, 6.07) is 9.47. The molecule has 1 aliphatic rings. The second kappa shape index (κ2) is 6.77. The lowest BCUT2D eigenvalue weighted by molar-refractivity contribution is 0.480. The maximum Gasteiger partial charge on any atom is 0.0322 e. The Labute approximate surface area is 105 Å². The molecule has 0 amide bonds. The first kappa shape index (κ1) is 12.6. The molecule has 3 N–H and O–H groups in total. The second-order valence-corrected chi connectivity index (χ2v) is 4.95. The monoisotopic (exact) mass is 232 g/mol. The van der Waals surface area contributed by atoms with Crippen LogP contribution in [0.15, 0.2) is 24.3 Å². The quantitative estimate of drug-likeness (QED) is 0.605. The van der Waals surface area contributed by atoms with Crippen molar-refractivity contribution in [3.63, 3.8) is 0 Å². The molecule has 0 bridgehead atoms. The Morgan fingerprint density at radius 1 is 1.18 bits per heavy atom. The largest absolute Gasteiger partial charge is 0.330 e. The molecule has 0 aromatic heterocycles. The van der Waals surface area contributed by atoms with Gasteiger partial charge in [0.05, 0.1) is 0 Å². The van der Waals surface area contributed by atoms with E-state index in [9.17, 15) is 0 Å². The van der Waals surface area contributed by atoms with Crippen LogP contribution < -0.4 is 11.1 Å². The highest BCUT2D eigenvalue weighted by atomic mass is 14.9. The molecule has 0 fully saturated rings. The van der Waals surface area contributed by atoms with E-state index in [2.05, 4.69) is 29.6 Å². The number of hydrogen-bond donors (Lipinski definition) is 2. The molecule has 1 aromatic carbocycles. The van der Waals surface area contributed by atoms with Gasteiger partial charge in [0.2, 0.25) is 0 Å². The maximum absolute atomic E-state index is 5.52. The summed E-state index contributed by atoms with van der Waals surface area (Å²) in [6.45, 7) is 1.90. The highest BCUT2D eigenvalue weighted by Crippen LogP contribution is 2.28. The molecule has 0 saturated heterocycles. The van der Waals surface area contributed by atoms with E-state index in [-0.39, 0.29) is 0 Å². The van der Waals surface area contributed by atoms with Crippen LogP contribution in [0.4, 0.5) is 0 Å². The molecule has 1 unspecified atom stereocenters. The zero-order valence-corrected chi connectivity index (χ0v) is 10.6. The predicted molar refractivity (Wildman–Crippen MR) is 73.0 cm³/mol. The molecule has 1 atom stereocenters. The Bertz CT molecular complexity index is 335. The zero-order chi connectivity index (χ0) is 11.9. The Kier molecular flexibility index (Phi) is 5.02. The third-order valence-electron chi connectivity index (χ3n) is 3.64. The summed E-state index contributed by atoms with van der Waals surface area (Å²) in [7, 11) is 0. The van der Waals surface area contributed by atoms with Crippen LogP contribution in [0.1, 0.15) is 49.3 Å². The van der Waals surface area contributed by atoms with Crippen molar-refractivity contribution < 1.29 is 0 Å². The van der Waals surface area contributed by atoms with Crippen LogP contribution in [0.5, 0.6) is 0 Å². The molecule has 2 heteroatoms. The third kappa shape index (κ3) is 3.55. The van der Waals surface area contributed by atoms with Crippen LogP contribution in [0.2, 0.25) is 0 Å². The summed E-state index contributed by atoms with van der Waals surface area (Å²) in [5, 5.41) is 3.70. The maximum atomic E-state index is 5.52. The number of aryl methyl sites for hydroxylation is 1. The van der Waals surface area contributed by atoms with Crippen LogP contribution in [0.25, 0.3) is 0 Å². The van der Waals surface area contributed by atoms with Crippen molar-refractivity contribution in [2.75, 3.05) is 13.1 Å². The Hall–Kier alpha value is -0.860. The first-order valence-corrected chi connectivity index (χ1v) is 6.93. The van der Waals surface area contributed by atoms with E-state index < -0.39 is 0 Å². The molecule has 0 spiro atoms. The van der Waals surface area contributed by atoms with Crippen molar-refractivity contribution in [1.82, 2.24) is 5.32 Å². The third-order valence-corrected chi connectivity index (χ3v) is 3.64. The van der Waals surface area contributed by atoms with Crippen molar-refractivity contribution in [3.8, 4) is 0 Å². The topological polar surface area (TPSA) is 38.0 Å². The number of benzene rings is 1. The Morgan fingerprint density at radius 2 is 2.06 bits per heavy atom. The van der Waals surface area contributed by atoms with E-state index in [1.807, 2.05) is 0 Å². The van der Waals surface area contributed by atoms with Gasteiger partial charge in [-0.05, 0) is 56.3 Å². The molecule has 0 heterocycles. The van der Waals surface area contributed by atoms with Gasteiger partial charge >= 0.3 is 0 Å². The minimum atomic E-state index is 0.562. The lowest BCUT2D eigenvalue weighted by Crippen LogP contribution is -2.23. The van der Waals surface area contributed by atoms with Gasteiger partial charge in [0.15, 0.2) is 0 Å². The minimum Gasteiger partial charge on any atom is -0.330 e. The summed E-state index contributed by atoms with van der Waals surface area (Å²) in [4.78, 5) is 0. The predicted octanol–water partition coefficient (Wildman–Crippen LogP) is 2.78. The average Bonchev–Trinajstić information content (AvgIpc) is 2.57. The summed E-state index contributed by atoms with van der Waals surface area (Å²) < 4.78 is 0. The zero-order valence-electron chi connectivity index (χ0n) is 10.6. The minimum absolute atomic E-state index is 0.562. The number of nitrogens with one attached hydrogen (secondary N) is 1. The smallest absolute Gasteiger partial charge is 0.0322 e. The van der Waals surface area contributed by atoms with Gasteiger partial charge in [-0.15, -0.1) is 0 Å². The van der Waals surface area contributed by atoms with E-state index in [1.165, 1.54) is 37.7 Å². The van der Waals surface area contributed by atoms with Gasteiger partial charge in [0.25, 0.3) is 0 Å². The first-order chi connectivity index (χ1) is 8.42. The van der Waals surface area contributed by atoms with Gasteiger partial charge < -0.3 is 11.1 Å². The molecule has 0 aliphatic heterocycles. The van der Waals surface area contributed by atoms with E-state index in [1.54, 1.807) is 5.56 Å². The lowest BCUT2D eigenvalue weighted by Gasteiger charge is -2.19. The van der Waals surface area contributed by atoms with Crippen LogP contribution >= 0.6 is 0 Å². The van der Waals surface area contributed by atoms with Crippen LogP contribution in [-0.4, -0.2) is 13.1 Å². The number of unbranched alkanes of at least 4 members (excludes halogenated alkanes) is 1. The standard InChI is InChI=1S/C15H24N2/c16-11-5-6-12-17-15-10-4-2-8-13-7-1-3-9-14(13)15/h1,3,7,9,15,17H,2,4-6,8,10-12,16H2. The number of rotatable bonds is 5. The van der Waals surface area contributed by atoms with Crippen molar-refractivity contribution in [3.05, 3.63) is 35.4 Å². The highest BCUT2D eigenvalue weighted by molar-refractivity contribution is 5.31. The van der Waals surface area contributed by atoms with Crippen molar-refractivity contribution >= 4 is 0 Å². The van der Waals surface area contributed by atoms with Gasteiger partial charge in [-0.2, -0.15) is 0 Å². The lowest BCUT2D eigenvalue weighted by atomic mass is 9.99. The number of fused-ring (bicyclic) bond motifs is 1. The summed E-state index contributed by atoms with van der Waals surface area (Å²) in [6.07, 6.45) is 7.51. The molecular weight excluding hydrogens is 208 g/mol. The van der Waals surface area contributed by atoms with Crippen molar-refractivity contribution in [2.45, 2.75) is 44.6 Å². The van der Waals surface area contributed by atoms with Gasteiger partial charge in [-0.3, -0.25) is 0 Å². The van der Waals surface area contributed by atoms with Crippen LogP contribution in [0, 0.1) is 0 Å². The molecule has 0 radical (unpaired) electrons. The molecular formula is C15H24N2. The normalized spacial score (nSPS) is 19.7. The molecule has 1 aromatic rings. The van der Waals surface area contributed by atoms with Gasteiger partial charge in [0.1, 0.15) is 0 Å². The Balaban J connectivity index is 1.97. The van der Waals surface area contributed by atoms with E-state index in [0.29, 0.717) is 6.04 Å². The first-order valence-electron chi connectivity index (χ1n) is 6.93. The van der Waals surface area contributed by atoms with E-state index >= 15 is 0 Å². The molecule has 0 saturated carbocycles. The summed E-state index contributed by atoms with van der Waals surface area (Å²) in [5.74, 6) is 0. The summed E-state index contributed by atoms with van der Waals surface area (Å²) in [5.41, 5.74) is 8.59. The fourth-order valence-corrected chi connectivity index (χ4v) is 2.68. The summed E-state index contributed by atoms with van der Waals surface area (Å²) >= 11 is 0. The van der Waals surface area contributed by atoms with Crippen molar-refractivity contribution in [2.24, 2.45) is 5.73 Å². The molecule has 94 valence electrons. The van der Waals surface area contributed by atoms with E-state index in [4.69, 9.17) is 5.73 Å². The van der Waals surface area contributed by atoms with E-state index in [0.717, 1.165) is 19.5 Å². The van der Waals surface area contributed by atoms with Crippen molar-refractivity contribution in [1.29, 1.82) is 0 Å². The van der Waals surface area contributed by atoms with Gasteiger partial charge in [-0.25, -0.2) is 0 Å². The number of nitrogens with two attached hydrogens (primary N) is 1. The Morgan fingerprint density at radius 3 is 2.94 bits per heavy atom. The van der Waals surface area contributed by atoms with Crippen LogP contribution in [0.3, 0.4) is 0 Å². The van der Waals surface area contributed by atoms with Gasteiger partial charge in [-0.1, -0.05) is 30.7 Å². The fourth-order valence-electron chi connectivity index (χ4n) is 2.68. The fraction of sp³-hybridized carbons (Fsp3) is 0.600. The highest BCUT2D eigenvalue weighted by Gasteiger charge is 2.16. The average molecular weight is 232 g/mol. The molecule has 17 heavy (non-hydrogen) atoms.